The van der Waals surface area contributed by atoms with Crippen molar-refractivity contribution in [2.24, 2.45) is 0 Å². The van der Waals surface area contributed by atoms with E-state index in [1.807, 2.05) is 0 Å². The van der Waals surface area contributed by atoms with E-state index in [1.165, 1.54) is 37.5 Å². The highest BCUT2D eigenvalue weighted by Gasteiger charge is 2.35. The molecule has 0 aliphatic carbocycles. The number of carbonyl (C=O) groups is 2. The van der Waals surface area contributed by atoms with Gasteiger partial charge in [0.25, 0.3) is 15.9 Å². The molecule has 3 rings (SSSR count). The summed E-state index contributed by atoms with van der Waals surface area (Å²) in [5.41, 5.74) is 0.539. The molecule has 0 bridgehead atoms. The van der Waals surface area contributed by atoms with Gasteiger partial charge in [-0.1, -0.05) is 23.2 Å². The number of hydrogen-bond acceptors (Lipinski definition) is 5. The van der Waals surface area contributed by atoms with Gasteiger partial charge >= 0.3 is 0 Å². The second kappa shape index (κ2) is 8.44. The van der Waals surface area contributed by atoms with E-state index in [-0.39, 0.29) is 17.0 Å². The SMILES string of the molecule is COc1ccc(Cl)cc1C=C1CNC(=O)CN(S(=O)(=O)c2ccc(Cl)cc2)C1=O. The van der Waals surface area contributed by atoms with Crippen molar-refractivity contribution >= 4 is 51.1 Å². The van der Waals surface area contributed by atoms with Gasteiger partial charge in [0.05, 0.1) is 12.0 Å². The Kier molecular flexibility index (Phi) is 6.16. The Morgan fingerprint density at radius 2 is 1.72 bits per heavy atom. The van der Waals surface area contributed by atoms with Gasteiger partial charge in [-0.25, -0.2) is 12.7 Å². The molecule has 0 atom stereocenters. The van der Waals surface area contributed by atoms with Gasteiger partial charge in [0.1, 0.15) is 12.3 Å². The Labute approximate surface area is 177 Å². The second-order valence-corrected chi connectivity index (χ2v) is 8.84. The van der Waals surface area contributed by atoms with Crippen LogP contribution < -0.4 is 10.1 Å². The third-order valence-electron chi connectivity index (χ3n) is 4.19. The average molecular weight is 455 g/mol. The minimum absolute atomic E-state index is 0.0638. The zero-order chi connectivity index (χ0) is 21.2. The summed E-state index contributed by atoms with van der Waals surface area (Å²) in [5, 5.41) is 3.29. The molecule has 7 nitrogen and oxygen atoms in total. The van der Waals surface area contributed by atoms with Gasteiger partial charge < -0.3 is 10.1 Å². The predicted octanol–water partition coefficient (Wildman–Crippen LogP) is 2.73. The quantitative estimate of drug-likeness (QED) is 0.716. The van der Waals surface area contributed by atoms with Crippen LogP contribution in [0.25, 0.3) is 6.08 Å². The number of benzene rings is 2. The minimum atomic E-state index is -4.27. The van der Waals surface area contributed by atoms with Crippen LogP contribution in [0.1, 0.15) is 5.56 Å². The minimum Gasteiger partial charge on any atom is -0.496 e. The van der Waals surface area contributed by atoms with Crippen LogP contribution in [0.4, 0.5) is 0 Å². The fraction of sp³-hybridized carbons (Fsp3) is 0.158. The molecule has 1 aliphatic rings. The molecule has 29 heavy (non-hydrogen) atoms. The lowest BCUT2D eigenvalue weighted by atomic mass is 10.1. The van der Waals surface area contributed by atoms with E-state index in [0.29, 0.717) is 25.7 Å². The first-order valence-corrected chi connectivity index (χ1v) is 10.6. The van der Waals surface area contributed by atoms with Crippen molar-refractivity contribution in [2.45, 2.75) is 4.90 Å². The topological polar surface area (TPSA) is 92.8 Å². The molecule has 1 aliphatic heterocycles. The summed E-state index contributed by atoms with van der Waals surface area (Å²) in [6.07, 6.45) is 1.45. The molecule has 2 aromatic rings. The lowest BCUT2D eigenvalue weighted by Crippen LogP contribution is -2.40. The Balaban J connectivity index is 2.06. The molecule has 1 fully saturated rings. The molecule has 2 amide bonds. The first kappa shape index (κ1) is 21.2. The fourth-order valence-corrected chi connectivity index (χ4v) is 4.40. The number of nitrogens with zero attached hydrogens (tertiary/aromatic N) is 1. The number of sulfonamides is 1. The van der Waals surface area contributed by atoms with Crippen molar-refractivity contribution in [2.75, 3.05) is 20.2 Å². The van der Waals surface area contributed by atoms with E-state index in [0.717, 1.165) is 0 Å². The maximum atomic E-state index is 13.1. The molecule has 0 aromatic heterocycles. The Morgan fingerprint density at radius 3 is 2.38 bits per heavy atom. The highest BCUT2D eigenvalue weighted by molar-refractivity contribution is 7.89. The molecular weight excluding hydrogens is 439 g/mol. The summed E-state index contributed by atoms with van der Waals surface area (Å²) in [6.45, 7) is -0.770. The van der Waals surface area contributed by atoms with Gasteiger partial charge in [0, 0.05) is 27.7 Å². The van der Waals surface area contributed by atoms with Crippen LogP contribution in [-0.2, 0) is 19.6 Å². The van der Waals surface area contributed by atoms with Gasteiger partial charge in [0.15, 0.2) is 0 Å². The van der Waals surface area contributed by atoms with Gasteiger partial charge in [-0.05, 0) is 48.5 Å². The number of ether oxygens (including phenoxy) is 1. The normalized spacial score (nSPS) is 16.5. The van der Waals surface area contributed by atoms with E-state index in [4.69, 9.17) is 27.9 Å². The number of rotatable bonds is 4. The number of nitrogens with one attached hydrogen (secondary N) is 1. The summed E-state index contributed by atoms with van der Waals surface area (Å²) in [6, 6.07) is 10.2. The van der Waals surface area contributed by atoms with E-state index < -0.39 is 28.4 Å². The van der Waals surface area contributed by atoms with E-state index in [9.17, 15) is 18.0 Å². The third-order valence-corrected chi connectivity index (χ3v) is 6.42. The third kappa shape index (κ3) is 4.55. The van der Waals surface area contributed by atoms with Crippen LogP contribution in [0.2, 0.25) is 10.0 Å². The van der Waals surface area contributed by atoms with Gasteiger partial charge in [-0.15, -0.1) is 0 Å². The number of carbonyl (C=O) groups excluding carboxylic acids is 2. The van der Waals surface area contributed by atoms with Crippen LogP contribution in [0.3, 0.4) is 0 Å². The molecule has 152 valence electrons. The average Bonchev–Trinajstić information content (AvgIpc) is 2.82. The van der Waals surface area contributed by atoms with Crippen molar-refractivity contribution in [3.05, 3.63) is 63.6 Å². The second-order valence-electron chi connectivity index (χ2n) is 6.10. The molecule has 1 N–H and O–H groups in total. The Bertz CT molecular complexity index is 1100. The molecule has 0 saturated carbocycles. The Hall–Kier alpha value is -2.55. The van der Waals surface area contributed by atoms with Crippen LogP contribution in [-0.4, -0.2) is 44.7 Å². The van der Waals surface area contributed by atoms with Gasteiger partial charge in [0.2, 0.25) is 5.91 Å². The molecule has 2 aromatic carbocycles. The number of amides is 2. The largest absolute Gasteiger partial charge is 0.496 e. The maximum Gasteiger partial charge on any atom is 0.267 e. The fourth-order valence-electron chi connectivity index (χ4n) is 2.73. The molecule has 0 radical (unpaired) electrons. The van der Waals surface area contributed by atoms with Gasteiger partial charge in [-0.2, -0.15) is 0 Å². The summed E-state index contributed by atoms with van der Waals surface area (Å²) in [4.78, 5) is 25.0. The van der Waals surface area contributed by atoms with E-state index in [2.05, 4.69) is 5.32 Å². The summed E-state index contributed by atoms with van der Waals surface area (Å²) in [7, 11) is -2.81. The van der Waals surface area contributed by atoms with Crippen LogP contribution >= 0.6 is 23.2 Å². The van der Waals surface area contributed by atoms with Crippen LogP contribution in [0, 0.1) is 0 Å². The van der Waals surface area contributed by atoms with E-state index >= 15 is 0 Å². The van der Waals surface area contributed by atoms with E-state index in [1.54, 1.807) is 18.2 Å². The number of halogens is 2. The van der Waals surface area contributed by atoms with Crippen LogP contribution in [0.15, 0.2) is 52.9 Å². The maximum absolute atomic E-state index is 13.1. The highest BCUT2D eigenvalue weighted by Crippen LogP contribution is 2.27. The predicted molar refractivity (Wildman–Crippen MR) is 109 cm³/mol. The van der Waals surface area contributed by atoms with Gasteiger partial charge in [-0.3, -0.25) is 9.59 Å². The Morgan fingerprint density at radius 1 is 1.07 bits per heavy atom. The zero-order valence-electron chi connectivity index (χ0n) is 15.2. The molecule has 0 spiro atoms. The zero-order valence-corrected chi connectivity index (χ0v) is 17.5. The lowest BCUT2D eigenvalue weighted by molar-refractivity contribution is -0.127. The standard InChI is InChI=1S/C19H16Cl2N2O5S/c1-28-17-7-4-15(21)9-12(17)8-13-10-22-18(24)11-23(19(13)25)29(26,27)16-5-2-14(20)3-6-16/h2-9H,10-11H2,1H3,(H,22,24). The van der Waals surface area contributed by atoms with Crippen molar-refractivity contribution in [1.29, 1.82) is 0 Å². The summed E-state index contributed by atoms with van der Waals surface area (Å²) < 4.78 is 31.8. The van der Waals surface area contributed by atoms with Crippen molar-refractivity contribution in [3.63, 3.8) is 0 Å². The van der Waals surface area contributed by atoms with Crippen LogP contribution in [0.5, 0.6) is 5.75 Å². The lowest BCUT2D eigenvalue weighted by Gasteiger charge is -2.20. The van der Waals surface area contributed by atoms with Crippen molar-refractivity contribution in [1.82, 2.24) is 9.62 Å². The molecular formula is C19H16Cl2N2O5S. The molecule has 1 saturated heterocycles. The molecule has 10 heteroatoms. The molecule has 1 heterocycles. The first-order chi connectivity index (χ1) is 13.7. The first-order valence-electron chi connectivity index (χ1n) is 8.36. The monoisotopic (exact) mass is 454 g/mol. The van der Waals surface area contributed by atoms with Crippen molar-refractivity contribution < 1.29 is 22.7 Å². The highest BCUT2D eigenvalue weighted by atomic mass is 35.5. The number of hydrogen-bond donors (Lipinski definition) is 1. The number of methoxy groups -OCH3 is 1. The summed E-state index contributed by atoms with van der Waals surface area (Å²) in [5.74, 6) is -0.977. The molecule has 0 unspecified atom stereocenters. The summed E-state index contributed by atoms with van der Waals surface area (Å²) >= 11 is 11.8. The smallest absolute Gasteiger partial charge is 0.267 e. The van der Waals surface area contributed by atoms with Crippen molar-refractivity contribution in [3.8, 4) is 5.75 Å².